The molecule has 1 aromatic rings. The van der Waals surface area contributed by atoms with Crippen molar-refractivity contribution in [3.63, 3.8) is 0 Å². The average molecular weight is 257 g/mol. The van der Waals surface area contributed by atoms with E-state index in [2.05, 4.69) is 34.8 Å². The van der Waals surface area contributed by atoms with Crippen molar-refractivity contribution in [1.82, 2.24) is 4.98 Å². The number of unbranched alkanes of at least 4 members (excludes halogenated alkanes) is 1. The van der Waals surface area contributed by atoms with Crippen molar-refractivity contribution in [3.05, 3.63) is 21.4 Å². The van der Waals surface area contributed by atoms with Gasteiger partial charge in [0.05, 0.1) is 5.69 Å². The van der Waals surface area contributed by atoms with E-state index in [-0.39, 0.29) is 0 Å². The number of aryl methyl sites for hydroxylation is 1. The van der Waals surface area contributed by atoms with Crippen LogP contribution in [0.25, 0.3) is 0 Å². The summed E-state index contributed by atoms with van der Waals surface area (Å²) < 4.78 is 0.771. The molecule has 78 valence electrons. The summed E-state index contributed by atoms with van der Waals surface area (Å²) in [5.74, 6) is 0. The van der Waals surface area contributed by atoms with Gasteiger partial charge in [0.25, 0.3) is 0 Å². The molecule has 1 aromatic heterocycles. The van der Waals surface area contributed by atoms with E-state index in [0.29, 0.717) is 0 Å². The van der Waals surface area contributed by atoms with E-state index < -0.39 is 0 Å². The van der Waals surface area contributed by atoms with Crippen LogP contribution in [0.15, 0.2) is 4.60 Å². The number of pyridine rings is 1. The Hall–Kier alpha value is -0.570. The van der Waals surface area contributed by atoms with Gasteiger partial charge in [-0.05, 0) is 53.7 Å². The first-order valence-electron chi connectivity index (χ1n) is 4.99. The van der Waals surface area contributed by atoms with E-state index >= 15 is 0 Å². The molecular formula is C11H17BrN2. The van der Waals surface area contributed by atoms with E-state index in [1.165, 1.54) is 24.0 Å². The van der Waals surface area contributed by atoms with Gasteiger partial charge in [0, 0.05) is 5.69 Å². The van der Waals surface area contributed by atoms with E-state index in [4.69, 9.17) is 5.73 Å². The van der Waals surface area contributed by atoms with Crippen LogP contribution in [0.2, 0.25) is 0 Å². The maximum Gasteiger partial charge on any atom is 0.129 e. The first-order chi connectivity index (χ1) is 6.57. The van der Waals surface area contributed by atoms with Gasteiger partial charge in [-0.2, -0.15) is 0 Å². The fourth-order valence-electron chi connectivity index (χ4n) is 1.59. The Morgan fingerprint density at radius 2 is 2.00 bits per heavy atom. The van der Waals surface area contributed by atoms with Crippen LogP contribution in [0.5, 0.6) is 0 Å². The van der Waals surface area contributed by atoms with Gasteiger partial charge in [0.15, 0.2) is 0 Å². The highest BCUT2D eigenvalue weighted by molar-refractivity contribution is 9.10. The quantitative estimate of drug-likeness (QED) is 0.843. The lowest BCUT2D eigenvalue weighted by molar-refractivity contribution is 0.781. The molecule has 0 aliphatic heterocycles. The Bertz CT molecular complexity index is 335. The van der Waals surface area contributed by atoms with Gasteiger partial charge >= 0.3 is 0 Å². The van der Waals surface area contributed by atoms with Crippen LogP contribution in [0, 0.1) is 13.8 Å². The summed E-state index contributed by atoms with van der Waals surface area (Å²) in [6, 6.07) is 0. The van der Waals surface area contributed by atoms with Crippen molar-refractivity contribution in [2.24, 2.45) is 0 Å². The first-order valence-corrected chi connectivity index (χ1v) is 5.78. The van der Waals surface area contributed by atoms with Gasteiger partial charge in [0.2, 0.25) is 0 Å². The maximum absolute atomic E-state index is 5.91. The molecule has 3 heteroatoms. The lowest BCUT2D eigenvalue weighted by Crippen LogP contribution is -2.03. The average Bonchev–Trinajstić information content (AvgIpc) is 2.14. The molecule has 0 unspecified atom stereocenters. The second-order valence-corrected chi connectivity index (χ2v) is 4.36. The molecule has 14 heavy (non-hydrogen) atoms. The van der Waals surface area contributed by atoms with E-state index in [9.17, 15) is 0 Å². The molecule has 1 heterocycles. The fraction of sp³-hybridized carbons (Fsp3) is 0.545. The molecule has 0 saturated carbocycles. The Morgan fingerprint density at radius 3 is 2.57 bits per heavy atom. The molecule has 1 rings (SSSR count). The molecule has 0 aromatic carbocycles. The van der Waals surface area contributed by atoms with Crippen molar-refractivity contribution < 1.29 is 0 Å². The highest BCUT2D eigenvalue weighted by Crippen LogP contribution is 2.26. The molecule has 0 bridgehead atoms. The summed E-state index contributed by atoms with van der Waals surface area (Å²) in [5, 5.41) is 0. The normalized spacial score (nSPS) is 10.6. The van der Waals surface area contributed by atoms with Crippen LogP contribution < -0.4 is 5.73 Å². The van der Waals surface area contributed by atoms with Gasteiger partial charge in [-0.15, -0.1) is 0 Å². The van der Waals surface area contributed by atoms with Gasteiger partial charge < -0.3 is 5.73 Å². The number of halogens is 1. The SMILES string of the molecule is CCCCc1c(C)nc(Br)c(N)c1C. The van der Waals surface area contributed by atoms with E-state index in [1.807, 2.05) is 6.92 Å². The highest BCUT2D eigenvalue weighted by Gasteiger charge is 2.09. The third-order valence-electron chi connectivity index (χ3n) is 2.56. The number of nitrogens with zero attached hydrogens (tertiary/aromatic N) is 1. The van der Waals surface area contributed by atoms with E-state index in [1.54, 1.807) is 0 Å². The zero-order chi connectivity index (χ0) is 10.7. The molecular weight excluding hydrogens is 240 g/mol. The van der Waals surface area contributed by atoms with Crippen LogP contribution in [0.4, 0.5) is 5.69 Å². The smallest absolute Gasteiger partial charge is 0.129 e. The topological polar surface area (TPSA) is 38.9 Å². The Morgan fingerprint density at radius 1 is 1.36 bits per heavy atom. The van der Waals surface area contributed by atoms with Crippen LogP contribution in [0.1, 0.15) is 36.6 Å². The molecule has 0 amide bonds. The predicted molar refractivity (Wildman–Crippen MR) is 64.4 cm³/mol. The molecule has 0 aliphatic rings. The zero-order valence-electron chi connectivity index (χ0n) is 9.02. The number of anilines is 1. The maximum atomic E-state index is 5.91. The molecule has 0 fully saturated rings. The van der Waals surface area contributed by atoms with Gasteiger partial charge in [-0.1, -0.05) is 13.3 Å². The first kappa shape index (κ1) is 11.5. The minimum absolute atomic E-state index is 0.771. The largest absolute Gasteiger partial charge is 0.396 e. The van der Waals surface area contributed by atoms with Crippen molar-refractivity contribution in [2.45, 2.75) is 40.0 Å². The number of nitrogens with two attached hydrogens (primary N) is 1. The Kier molecular flexibility index (Phi) is 3.93. The third kappa shape index (κ3) is 2.27. The zero-order valence-corrected chi connectivity index (χ0v) is 10.6. The van der Waals surface area contributed by atoms with Crippen molar-refractivity contribution >= 4 is 21.6 Å². The molecule has 0 aliphatic carbocycles. The number of hydrogen-bond acceptors (Lipinski definition) is 2. The molecule has 0 radical (unpaired) electrons. The summed E-state index contributed by atoms with van der Waals surface area (Å²) in [4.78, 5) is 4.38. The third-order valence-corrected chi connectivity index (χ3v) is 3.17. The van der Waals surface area contributed by atoms with Gasteiger partial charge in [-0.3, -0.25) is 0 Å². The minimum Gasteiger partial charge on any atom is -0.396 e. The van der Waals surface area contributed by atoms with Crippen LogP contribution in [-0.4, -0.2) is 4.98 Å². The fourth-order valence-corrected chi connectivity index (χ4v) is 2.15. The Balaban J connectivity index is 3.09. The monoisotopic (exact) mass is 256 g/mol. The highest BCUT2D eigenvalue weighted by atomic mass is 79.9. The van der Waals surface area contributed by atoms with Crippen LogP contribution in [-0.2, 0) is 6.42 Å². The molecule has 2 nitrogen and oxygen atoms in total. The molecule has 2 N–H and O–H groups in total. The predicted octanol–water partition coefficient (Wildman–Crippen LogP) is 3.39. The van der Waals surface area contributed by atoms with E-state index in [0.717, 1.165) is 22.4 Å². The van der Waals surface area contributed by atoms with Crippen molar-refractivity contribution in [3.8, 4) is 0 Å². The second-order valence-electron chi connectivity index (χ2n) is 3.61. The van der Waals surface area contributed by atoms with Gasteiger partial charge in [0.1, 0.15) is 4.60 Å². The number of aromatic nitrogens is 1. The molecule has 0 atom stereocenters. The summed E-state index contributed by atoms with van der Waals surface area (Å²) in [5.41, 5.74) is 10.3. The number of hydrogen-bond donors (Lipinski definition) is 1. The summed E-state index contributed by atoms with van der Waals surface area (Å²) >= 11 is 3.36. The van der Waals surface area contributed by atoms with Crippen molar-refractivity contribution in [2.75, 3.05) is 5.73 Å². The molecule has 0 spiro atoms. The summed E-state index contributed by atoms with van der Waals surface area (Å²) in [6.45, 7) is 6.31. The summed E-state index contributed by atoms with van der Waals surface area (Å²) in [6.07, 6.45) is 3.48. The number of rotatable bonds is 3. The molecule has 0 saturated heterocycles. The Labute approximate surface area is 94.0 Å². The second kappa shape index (κ2) is 4.78. The van der Waals surface area contributed by atoms with Crippen molar-refractivity contribution in [1.29, 1.82) is 0 Å². The van der Waals surface area contributed by atoms with Crippen LogP contribution >= 0.6 is 15.9 Å². The minimum atomic E-state index is 0.771. The standard InChI is InChI=1S/C11H17BrN2/c1-4-5-6-9-7(2)10(13)11(12)14-8(9)3/h4-6,13H2,1-3H3. The lowest BCUT2D eigenvalue weighted by atomic mass is 10.0. The summed E-state index contributed by atoms with van der Waals surface area (Å²) in [7, 11) is 0. The van der Waals surface area contributed by atoms with Crippen LogP contribution in [0.3, 0.4) is 0 Å². The lowest BCUT2D eigenvalue weighted by Gasteiger charge is -2.12. The van der Waals surface area contributed by atoms with Gasteiger partial charge in [-0.25, -0.2) is 4.98 Å². The number of nitrogen functional groups attached to an aromatic ring is 1.